The summed E-state index contributed by atoms with van der Waals surface area (Å²) >= 11 is 0. The standard InChI is InChI=1S/C48H56N6O14S2/c1-32(44(57)67-30-34-17-8-5-9-18-34)50-42(55)40(23-14-24-54(48(60)66-26-28-70(3,63)64)45(49)53-47(59)65-25-27-69(2,61)62)51-43(56)41(29-33-15-6-4-7-16-33)52-46(58)68-31-39-37-21-12-10-19-35(37)36-20-11-13-22-38(36)39/h4-13,15-22,32,39-41H,14,23-31H2,1-3H3,(H,50,55)(H,51,56)(H,52,58)(H2,49,53,59)/t32-,40-,41-/m0/s1. The van der Waals surface area contributed by atoms with Crippen LogP contribution in [0, 0.1) is 0 Å². The van der Waals surface area contributed by atoms with Crippen molar-refractivity contribution in [3.8, 4) is 11.1 Å². The number of nitrogens with two attached hydrogens (primary N) is 1. The highest BCUT2D eigenvalue weighted by Gasteiger charge is 2.32. The molecular weight excluding hydrogens is 949 g/mol. The van der Waals surface area contributed by atoms with Crippen molar-refractivity contribution in [3.05, 3.63) is 131 Å². The average Bonchev–Trinajstić information content (AvgIpc) is 3.63. The molecule has 0 radical (unpaired) electrons. The average molecular weight is 1010 g/mol. The number of carbonyl (C=O) groups excluding carboxylic acids is 6. The molecule has 22 heteroatoms. The van der Waals surface area contributed by atoms with Gasteiger partial charge >= 0.3 is 24.2 Å². The molecular formula is C48H56N6O14S2. The summed E-state index contributed by atoms with van der Waals surface area (Å²) < 4.78 is 67.5. The van der Waals surface area contributed by atoms with Crippen LogP contribution in [-0.2, 0) is 66.0 Å². The normalized spacial score (nSPS) is 13.6. The van der Waals surface area contributed by atoms with Crippen LogP contribution in [0.15, 0.2) is 114 Å². The van der Waals surface area contributed by atoms with E-state index in [9.17, 15) is 45.6 Å². The van der Waals surface area contributed by atoms with Crippen LogP contribution >= 0.6 is 0 Å². The van der Waals surface area contributed by atoms with Gasteiger partial charge in [0, 0.05) is 31.4 Å². The van der Waals surface area contributed by atoms with Crippen molar-refractivity contribution >= 4 is 61.7 Å². The smallest absolute Gasteiger partial charge is 0.436 e. The van der Waals surface area contributed by atoms with Gasteiger partial charge in [-0.05, 0) is 53.1 Å². The van der Waals surface area contributed by atoms with Crippen LogP contribution < -0.4 is 21.7 Å². The third kappa shape index (κ3) is 17.0. The second-order valence-electron chi connectivity index (χ2n) is 16.3. The summed E-state index contributed by atoms with van der Waals surface area (Å²) in [7, 11) is -7.11. The molecule has 0 saturated heterocycles. The molecule has 0 aliphatic heterocycles. The molecule has 0 spiro atoms. The second kappa shape index (κ2) is 25.3. The first-order valence-electron chi connectivity index (χ1n) is 22.1. The molecule has 5 amide bonds. The number of guanidine groups is 1. The largest absolute Gasteiger partial charge is 0.459 e. The van der Waals surface area contributed by atoms with E-state index < -0.39 is 111 Å². The van der Waals surface area contributed by atoms with E-state index in [0.29, 0.717) is 16.0 Å². The minimum Gasteiger partial charge on any atom is -0.459 e. The Morgan fingerprint density at radius 2 is 1.19 bits per heavy atom. The number of hydrogen-bond donors (Lipinski definition) is 4. The molecule has 0 heterocycles. The molecule has 1 aliphatic carbocycles. The lowest BCUT2D eigenvalue weighted by Gasteiger charge is -2.26. The topological polar surface area (TPSA) is 285 Å². The van der Waals surface area contributed by atoms with Crippen molar-refractivity contribution in [1.82, 2.24) is 20.9 Å². The summed E-state index contributed by atoms with van der Waals surface area (Å²) in [6.07, 6.45) is -2.21. The van der Waals surface area contributed by atoms with Crippen LogP contribution in [0.3, 0.4) is 0 Å². The van der Waals surface area contributed by atoms with Crippen LogP contribution in [-0.4, -0.2) is 132 Å². The van der Waals surface area contributed by atoms with Gasteiger partial charge in [-0.1, -0.05) is 109 Å². The number of esters is 1. The number of carbonyl (C=O) groups is 6. The maximum atomic E-state index is 14.3. The van der Waals surface area contributed by atoms with E-state index in [1.807, 2.05) is 48.5 Å². The van der Waals surface area contributed by atoms with Crippen LogP contribution in [0.1, 0.15) is 47.9 Å². The minimum atomic E-state index is -3.59. The number of nitrogens with zero attached hydrogens (tertiary/aromatic N) is 2. The number of hydrogen-bond acceptors (Lipinski definition) is 14. The van der Waals surface area contributed by atoms with Gasteiger partial charge in [0.1, 0.15) is 44.6 Å². The van der Waals surface area contributed by atoms with E-state index in [2.05, 4.69) is 20.9 Å². The lowest BCUT2D eigenvalue weighted by molar-refractivity contribution is -0.148. The Hall–Kier alpha value is -7.33. The molecule has 4 aromatic carbocycles. The Balaban J connectivity index is 1.35. The van der Waals surface area contributed by atoms with Crippen molar-refractivity contribution in [2.75, 3.05) is 50.4 Å². The van der Waals surface area contributed by atoms with E-state index in [-0.39, 0.29) is 38.4 Å². The van der Waals surface area contributed by atoms with E-state index in [0.717, 1.165) is 34.8 Å². The van der Waals surface area contributed by atoms with Crippen molar-refractivity contribution in [2.24, 2.45) is 10.7 Å². The molecule has 0 unspecified atom stereocenters. The van der Waals surface area contributed by atoms with E-state index in [1.165, 1.54) is 6.92 Å². The molecule has 374 valence electrons. The Labute approximate surface area is 406 Å². The van der Waals surface area contributed by atoms with Crippen LogP contribution in [0.2, 0.25) is 0 Å². The number of nitrogens with one attached hydrogen (secondary N) is 3. The van der Waals surface area contributed by atoms with Crippen LogP contribution in [0.4, 0.5) is 14.4 Å². The monoisotopic (exact) mass is 1000 g/mol. The van der Waals surface area contributed by atoms with Crippen LogP contribution in [0.5, 0.6) is 0 Å². The first kappa shape index (κ1) is 53.6. The third-order valence-corrected chi connectivity index (χ3v) is 12.6. The molecule has 0 aromatic heterocycles. The fourth-order valence-corrected chi connectivity index (χ4v) is 7.96. The number of benzene rings is 4. The second-order valence-corrected chi connectivity index (χ2v) is 20.9. The number of aliphatic imine (C=N–C) groups is 1. The van der Waals surface area contributed by atoms with Gasteiger partial charge in [0.2, 0.25) is 17.8 Å². The highest BCUT2D eigenvalue weighted by molar-refractivity contribution is 7.90. The van der Waals surface area contributed by atoms with Gasteiger partial charge in [-0.3, -0.25) is 9.59 Å². The molecule has 5 rings (SSSR count). The molecule has 1 aliphatic rings. The van der Waals surface area contributed by atoms with Crippen molar-refractivity contribution in [2.45, 2.75) is 56.8 Å². The summed E-state index contributed by atoms with van der Waals surface area (Å²) in [5.74, 6) is -4.65. The van der Waals surface area contributed by atoms with Gasteiger partial charge in [-0.2, -0.15) is 0 Å². The van der Waals surface area contributed by atoms with Crippen molar-refractivity contribution < 1.29 is 64.6 Å². The predicted octanol–water partition coefficient (Wildman–Crippen LogP) is 3.63. The fraction of sp³-hybridized carbons (Fsp3) is 0.354. The fourth-order valence-electron chi connectivity index (χ4n) is 7.19. The van der Waals surface area contributed by atoms with Crippen LogP contribution in [0.25, 0.3) is 11.1 Å². The first-order chi connectivity index (χ1) is 33.3. The molecule has 3 atom stereocenters. The summed E-state index contributed by atoms with van der Waals surface area (Å²) in [4.78, 5) is 84.9. The number of rotatable bonds is 22. The maximum absolute atomic E-state index is 14.3. The summed E-state index contributed by atoms with van der Waals surface area (Å²) in [5.41, 5.74) is 11.3. The Bertz CT molecular complexity index is 2700. The van der Waals surface area contributed by atoms with Gasteiger partial charge in [0.15, 0.2) is 19.7 Å². The lowest BCUT2D eigenvalue weighted by atomic mass is 9.98. The number of sulfone groups is 2. The van der Waals surface area contributed by atoms with E-state index >= 15 is 0 Å². The Morgan fingerprint density at radius 1 is 0.657 bits per heavy atom. The zero-order valence-electron chi connectivity index (χ0n) is 38.8. The molecule has 20 nitrogen and oxygen atoms in total. The minimum absolute atomic E-state index is 0.0478. The molecule has 4 aromatic rings. The Morgan fingerprint density at radius 3 is 1.77 bits per heavy atom. The highest BCUT2D eigenvalue weighted by atomic mass is 32.2. The first-order valence-corrected chi connectivity index (χ1v) is 26.2. The van der Waals surface area contributed by atoms with Gasteiger partial charge in [-0.15, -0.1) is 4.99 Å². The highest BCUT2D eigenvalue weighted by Crippen LogP contribution is 2.44. The van der Waals surface area contributed by atoms with Gasteiger partial charge in [-0.25, -0.2) is 40.9 Å². The van der Waals surface area contributed by atoms with Gasteiger partial charge in [0.25, 0.3) is 0 Å². The quantitative estimate of drug-likeness (QED) is 0.0379. The molecule has 0 bridgehead atoms. The number of ether oxygens (including phenoxy) is 4. The van der Waals surface area contributed by atoms with E-state index in [4.69, 9.17) is 24.7 Å². The zero-order valence-corrected chi connectivity index (χ0v) is 40.4. The molecule has 0 saturated carbocycles. The third-order valence-electron chi connectivity index (χ3n) is 10.7. The summed E-state index contributed by atoms with van der Waals surface area (Å²) in [6, 6.07) is 29.1. The van der Waals surface area contributed by atoms with Gasteiger partial charge in [0.05, 0.1) is 11.5 Å². The SMILES string of the molecule is C[C@H](NC(=O)[C@H](CCCN(C(=O)OCCS(C)(=O)=O)/C(N)=N/C(=O)OCCS(C)(=O)=O)NC(=O)[C@H](Cc1ccccc1)NC(=O)OCC1c2ccccc2-c2ccccc21)C(=O)OCc1ccccc1. The lowest BCUT2D eigenvalue weighted by Crippen LogP contribution is -2.56. The number of fused-ring (bicyclic) bond motifs is 3. The molecule has 0 fully saturated rings. The maximum Gasteiger partial charge on any atom is 0.436 e. The van der Waals surface area contributed by atoms with Crippen molar-refractivity contribution in [1.29, 1.82) is 0 Å². The molecule has 5 N–H and O–H groups in total. The Kier molecular flexibility index (Phi) is 19.4. The summed E-state index contributed by atoms with van der Waals surface area (Å²) in [5, 5.41) is 7.85. The zero-order chi connectivity index (χ0) is 50.8. The predicted molar refractivity (Wildman–Crippen MR) is 258 cm³/mol. The van der Waals surface area contributed by atoms with Crippen molar-refractivity contribution in [3.63, 3.8) is 0 Å². The number of amides is 5. The molecule has 70 heavy (non-hydrogen) atoms. The number of alkyl carbamates (subject to hydrolysis) is 1. The van der Waals surface area contributed by atoms with E-state index in [1.54, 1.807) is 60.7 Å². The summed E-state index contributed by atoms with van der Waals surface area (Å²) in [6.45, 7) is -0.415. The van der Waals surface area contributed by atoms with Gasteiger partial charge < -0.3 is 40.6 Å².